The quantitative estimate of drug-likeness (QED) is 0.179. The molecular weight excluding hydrogens is 491 g/mol. The molecule has 2 N–H and O–H groups in total. The molecule has 0 fully saturated rings. The molecule has 0 radical (unpaired) electrons. The van der Waals surface area contributed by atoms with E-state index >= 15 is 0 Å². The fourth-order valence-corrected chi connectivity index (χ4v) is 4.46. The van der Waals surface area contributed by atoms with Crippen molar-refractivity contribution in [2.75, 3.05) is 5.73 Å². The van der Waals surface area contributed by atoms with E-state index in [1.54, 1.807) is 7.05 Å². The second kappa shape index (κ2) is 7.81. The fourth-order valence-electron chi connectivity index (χ4n) is 4.11. The minimum atomic E-state index is -4.74. The number of benzene rings is 2. The molecule has 0 spiro atoms. The van der Waals surface area contributed by atoms with Gasteiger partial charge in [-0.1, -0.05) is 17.7 Å². The second-order valence-corrected chi connectivity index (χ2v) is 8.29. The third-order valence-corrected chi connectivity index (χ3v) is 6.17. The molecule has 178 valence electrons. The van der Waals surface area contributed by atoms with Gasteiger partial charge in [-0.15, -0.1) is 0 Å². The van der Waals surface area contributed by atoms with Crippen LogP contribution in [-0.2, 0) is 13.2 Å². The third kappa shape index (κ3) is 3.52. The van der Waals surface area contributed by atoms with Crippen molar-refractivity contribution in [3.63, 3.8) is 0 Å². The topological polar surface area (TPSA) is 65.3 Å². The van der Waals surface area contributed by atoms with Crippen LogP contribution in [-0.4, -0.2) is 19.7 Å². The Bertz CT molecular complexity index is 1650. The molecule has 0 amide bonds. The molecule has 0 aliphatic carbocycles. The summed E-state index contributed by atoms with van der Waals surface area (Å²) in [5.74, 6) is -2.94. The average Bonchev–Trinajstić information content (AvgIpc) is 3.40. The van der Waals surface area contributed by atoms with E-state index in [4.69, 9.17) is 17.3 Å². The number of nitrogens with zero attached hydrogens (tertiary/aromatic N) is 3. The average molecular weight is 505 g/mol. The second-order valence-electron chi connectivity index (χ2n) is 7.91. The highest BCUT2D eigenvalue weighted by atomic mass is 35.5. The highest BCUT2D eigenvalue weighted by Crippen LogP contribution is 2.45. The van der Waals surface area contributed by atoms with Gasteiger partial charge in [0.25, 0.3) is 0 Å². The first kappa shape index (κ1) is 22.9. The lowest BCUT2D eigenvalue weighted by Gasteiger charge is -2.17. The number of carbonyl (C=O) groups excluding carboxylic acids is 1. The number of alkyl halides is 3. The number of ketones is 1. The number of carbonyl (C=O) groups is 1. The summed E-state index contributed by atoms with van der Waals surface area (Å²) in [4.78, 5) is 17.2. The lowest BCUT2D eigenvalue weighted by atomic mass is 9.97. The molecule has 0 atom stereocenters. The van der Waals surface area contributed by atoms with Crippen LogP contribution in [0, 0.1) is 11.6 Å². The van der Waals surface area contributed by atoms with Crippen molar-refractivity contribution in [1.29, 1.82) is 0 Å². The van der Waals surface area contributed by atoms with E-state index in [0.29, 0.717) is 0 Å². The highest BCUT2D eigenvalue weighted by molar-refractivity contribution is 6.38. The zero-order chi connectivity index (χ0) is 25.2. The Morgan fingerprint density at radius 3 is 2.40 bits per heavy atom. The lowest BCUT2D eigenvalue weighted by Crippen LogP contribution is -2.10. The van der Waals surface area contributed by atoms with Gasteiger partial charge in [-0.2, -0.15) is 13.2 Å². The first-order chi connectivity index (χ1) is 16.5. The first-order valence-electron chi connectivity index (χ1n) is 10.1. The summed E-state index contributed by atoms with van der Waals surface area (Å²) in [6.45, 7) is 0. The zero-order valence-electron chi connectivity index (χ0n) is 17.8. The van der Waals surface area contributed by atoms with Gasteiger partial charge in [-0.25, -0.2) is 13.8 Å². The number of aromatic nitrogens is 3. The molecule has 35 heavy (non-hydrogen) atoms. The number of halogens is 6. The van der Waals surface area contributed by atoms with Crippen molar-refractivity contribution < 1.29 is 26.7 Å². The molecule has 0 aliphatic heterocycles. The lowest BCUT2D eigenvalue weighted by molar-refractivity contribution is -0.137. The summed E-state index contributed by atoms with van der Waals surface area (Å²) in [6, 6.07) is 8.26. The Labute approximate surface area is 199 Å². The molecule has 0 saturated carbocycles. The van der Waals surface area contributed by atoms with Crippen molar-refractivity contribution in [3.05, 3.63) is 88.5 Å². The van der Waals surface area contributed by atoms with Gasteiger partial charge in [-0.05, 0) is 36.4 Å². The normalized spacial score (nSPS) is 12.1. The van der Waals surface area contributed by atoms with Gasteiger partial charge < -0.3 is 14.7 Å². The molecule has 3 aromatic heterocycles. The smallest absolute Gasteiger partial charge is 0.394 e. The first-order valence-corrected chi connectivity index (χ1v) is 10.5. The van der Waals surface area contributed by atoms with Gasteiger partial charge in [0.15, 0.2) is 0 Å². The van der Waals surface area contributed by atoms with Crippen molar-refractivity contribution in [2.45, 2.75) is 6.18 Å². The summed E-state index contributed by atoms with van der Waals surface area (Å²) in [6.07, 6.45) is -1.93. The van der Waals surface area contributed by atoms with E-state index in [1.807, 2.05) is 0 Å². The maximum Gasteiger partial charge on any atom is 0.417 e. The summed E-state index contributed by atoms with van der Waals surface area (Å²) >= 11 is 6.47. The van der Waals surface area contributed by atoms with Gasteiger partial charge >= 0.3 is 6.18 Å². The number of anilines is 1. The zero-order valence-corrected chi connectivity index (χ0v) is 18.5. The molecule has 5 rings (SSSR count). The Kier molecular flexibility index (Phi) is 5.10. The van der Waals surface area contributed by atoms with Crippen LogP contribution in [0.25, 0.3) is 27.7 Å². The molecule has 11 heteroatoms. The number of nitrogens with two attached hydrogens (primary N) is 1. The van der Waals surface area contributed by atoms with E-state index in [9.17, 15) is 26.7 Å². The van der Waals surface area contributed by atoms with E-state index in [0.717, 1.165) is 18.2 Å². The molecule has 3 heterocycles. The number of hydrogen-bond acceptors (Lipinski definition) is 3. The number of pyridine rings is 1. The van der Waals surface area contributed by atoms with Crippen LogP contribution in [0.15, 0.2) is 55.0 Å². The van der Waals surface area contributed by atoms with Crippen molar-refractivity contribution in [2.24, 2.45) is 7.05 Å². The Morgan fingerprint density at radius 2 is 1.74 bits per heavy atom. The van der Waals surface area contributed by atoms with Crippen LogP contribution < -0.4 is 5.73 Å². The predicted octanol–water partition coefficient (Wildman–Crippen LogP) is 6.26. The van der Waals surface area contributed by atoms with E-state index in [1.165, 1.54) is 45.8 Å². The summed E-state index contributed by atoms with van der Waals surface area (Å²) in [7, 11) is 1.56. The van der Waals surface area contributed by atoms with Gasteiger partial charge in [0.2, 0.25) is 5.78 Å². The van der Waals surface area contributed by atoms with Gasteiger partial charge in [0.1, 0.15) is 22.8 Å². The van der Waals surface area contributed by atoms with Crippen molar-refractivity contribution in [3.8, 4) is 11.1 Å². The fraction of sp³-hybridized carbons (Fsp3) is 0.0833. The molecule has 0 saturated heterocycles. The van der Waals surface area contributed by atoms with E-state index < -0.39 is 34.8 Å². The monoisotopic (exact) mass is 504 g/mol. The molecule has 2 aromatic carbocycles. The van der Waals surface area contributed by atoms with Gasteiger partial charge in [-0.3, -0.25) is 4.79 Å². The van der Waals surface area contributed by atoms with Crippen LogP contribution in [0.4, 0.5) is 27.6 Å². The van der Waals surface area contributed by atoms with Gasteiger partial charge in [0, 0.05) is 29.9 Å². The molecule has 0 bridgehead atoms. The standard InChI is InChI=1S/C24H14ClF5N4O/c1-33-10-32-22-18(33)9-13(24(28,29)30)19(20(22)25)12-3-2-6-34-16(12)4-5-17(34)23(35)11-7-14(26)21(31)15(27)8-11/h2-10H,31H2,1H3. The van der Waals surface area contributed by atoms with Crippen LogP contribution in [0.3, 0.4) is 0 Å². The van der Waals surface area contributed by atoms with Crippen LogP contribution in [0.2, 0.25) is 5.02 Å². The molecular formula is C24H14ClF5N4O. The number of aryl methyl sites for hydroxylation is 1. The van der Waals surface area contributed by atoms with Crippen molar-refractivity contribution >= 4 is 39.6 Å². The third-order valence-electron chi connectivity index (χ3n) is 5.80. The molecule has 5 nitrogen and oxygen atoms in total. The number of fused-ring (bicyclic) bond motifs is 2. The van der Waals surface area contributed by atoms with E-state index in [-0.39, 0.29) is 44.0 Å². The minimum Gasteiger partial charge on any atom is -0.394 e. The number of imidazole rings is 1. The number of rotatable bonds is 3. The SMILES string of the molecule is Cn1cnc2c(Cl)c(-c3cccn4c(C(=O)c5cc(F)c(N)c(F)c5)ccc34)c(C(F)(F)F)cc21. The van der Waals surface area contributed by atoms with Crippen LogP contribution in [0.1, 0.15) is 21.6 Å². The molecule has 0 aliphatic rings. The van der Waals surface area contributed by atoms with Crippen molar-refractivity contribution in [1.82, 2.24) is 14.0 Å². The maximum absolute atomic E-state index is 14.1. The summed E-state index contributed by atoms with van der Waals surface area (Å²) < 4.78 is 72.9. The minimum absolute atomic E-state index is 0.0194. The Hall–Kier alpha value is -3.92. The largest absolute Gasteiger partial charge is 0.417 e. The Morgan fingerprint density at radius 1 is 1.06 bits per heavy atom. The molecule has 0 unspecified atom stereocenters. The predicted molar refractivity (Wildman–Crippen MR) is 121 cm³/mol. The molecule has 5 aromatic rings. The van der Waals surface area contributed by atoms with Crippen LogP contribution >= 0.6 is 11.6 Å². The van der Waals surface area contributed by atoms with E-state index in [2.05, 4.69) is 4.98 Å². The highest BCUT2D eigenvalue weighted by Gasteiger charge is 2.37. The summed E-state index contributed by atoms with van der Waals surface area (Å²) in [5, 5.41) is -0.194. The van der Waals surface area contributed by atoms with Gasteiger partial charge in [0.05, 0.1) is 33.6 Å². The summed E-state index contributed by atoms with van der Waals surface area (Å²) in [5.41, 5.74) is 3.70. The number of nitrogen functional groups attached to an aromatic ring is 1. The Balaban J connectivity index is 1.75. The number of hydrogen-bond donors (Lipinski definition) is 1. The maximum atomic E-state index is 14.1. The van der Waals surface area contributed by atoms with Crippen LogP contribution in [0.5, 0.6) is 0 Å².